The second kappa shape index (κ2) is 4.94. The molecule has 0 fully saturated rings. The van der Waals surface area contributed by atoms with Gasteiger partial charge in [0.15, 0.2) is 0 Å². The van der Waals surface area contributed by atoms with Crippen molar-refractivity contribution in [2.24, 2.45) is 7.05 Å². The minimum absolute atomic E-state index is 0.263. The van der Waals surface area contributed by atoms with Gasteiger partial charge in [0, 0.05) is 20.1 Å². The molecule has 5 nitrogen and oxygen atoms in total. The quantitative estimate of drug-likeness (QED) is 0.658. The SMILES string of the molecule is CCC(O)CNCc1cnnn1C. The molecular formula is C8H16N4O. The van der Waals surface area contributed by atoms with Gasteiger partial charge in [-0.05, 0) is 6.42 Å². The molecule has 0 saturated heterocycles. The fourth-order valence-corrected chi connectivity index (χ4v) is 0.982. The van der Waals surface area contributed by atoms with Crippen molar-refractivity contribution in [1.82, 2.24) is 20.3 Å². The Balaban J connectivity index is 2.24. The Hall–Kier alpha value is -0.940. The lowest BCUT2D eigenvalue weighted by Crippen LogP contribution is -2.26. The molecule has 0 aliphatic carbocycles. The number of hydrogen-bond acceptors (Lipinski definition) is 4. The van der Waals surface area contributed by atoms with Crippen molar-refractivity contribution in [3.8, 4) is 0 Å². The summed E-state index contributed by atoms with van der Waals surface area (Å²) in [7, 11) is 1.85. The van der Waals surface area contributed by atoms with Crippen LogP contribution in [-0.4, -0.2) is 32.7 Å². The maximum atomic E-state index is 9.26. The van der Waals surface area contributed by atoms with Crippen LogP contribution in [0.5, 0.6) is 0 Å². The monoisotopic (exact) mass is 184 g/mol. The first kappa shape index (κ1) is 10.1. The van der Waals surface area contributed by atoms with Crippen molar-refractivity contribution in [2.45, 2.75) is 26.0 Å². The summed E-state index contributed by atoms with van der Waals surface area (Å²) in [6, 6.07) is 0. The summed E-state index contributed by atoms with van der Waals surface area (Å²) in [5, 5.41) is 19.9. The highest BCUT2D eigenvalue weighted by Gasteiger charge is 2.01. The molecule has 0 aromatic carbocycles. The van der Waals surface area contributed by atoms with Gasteiger partial charge in [-0.2, -0.15) is 0 Å². The molecule has 0 bridgehead atoms. The van der Waals surface area contributed by atoms with Gasteiger partial charge in [0.2, 0.25) is 0 Å². The van der Waals surface area contributed by atoms with E-state index in [1.807, 2.05) is 14.0 Å². The van der Waals surface area contributed by atoms with Crippen LogP contribution < -0.4 is 5.32 Å². The van der Waals surface area contributed by atoms with E-state index in [1.54, 1.807) is 10.9 Å². The van der Waals surface area contributed by atoms with E-state index in [0.29, 0.717) is 13.1 Å². The van der Waals surface area contributed by atoms with Crippen LogP contribution in [-0.2, 0) is 13.6 Å². The van der Waals surface area contributed by atoms with Crippen LogP contribution in [0.15, 0.2) is 6.20 Å². The molecule has 1 atom stereocenters. The molecule has 0 aliphatic rings. The van der Waals surface area contributed by atoms with E-state index >= 15 is 0 Å². The van der Waals surface area contributed by atoms with E-state index in [1.165, 1.54) is 0 Å². The van der Waals surface area contributed by atoms with Crippen LogP contribution in [0.4, 0.5) is 0 Å². The number of aliphatic hydroxyl groups is 1. The van der Waals surface area contributed by atoms with Gasteiger partial charge in [0.1, 0.15) is 0 Å². The van der Waals surface area contributed by atoms with Crippen molar-refractivity contribution in [1.29, 1.82) is 0 Å². The van der Waals surface area contributed by atoms with E-state index in [2.05, 4.69) is 15.6 Å². The van der Waals surface area contributed by atoms with Crippen LogP contribution in [0.3, 0.4) is 0 Å². The largest absolute Gasteiger partial charge is 0.392 e. The van der Waals surface area contributed by atoms with E-state index < -0.39 is 0 Å². The van der Waals surface area contributed by atoms with Crippen LogP contribution in [0.25, 0.3) is 0 Å². The van der Waals surface area contributed by atoms with Gasteiger partial charge in [0.05, 0.1) is 18.0 Å². The fraction of sp³-hybridized carbons (Fsp3) is 0.750. The Labute approximate surface area is 77.8 Å². The van der Waals surface area contributed by atoms with E-state index in [-0.39, 0.29) is 6.10 Å². The maximum Gasteiger partial charge on any atom is 0.0738 e. The van der Waals surface area contributed by atoms with Crippen molar-refractivity contribution in [3.05, 3.63) is 11.9 Å². The zero-order valence-corrected chi connectivity index (χ0v) is 8.06. The van der Waals surface area contributed by atoms with Crippen molar-refractivity contribution in [3.63, 3.8) is 0 Å². The first-order valence-electron chi connectivity index (χ1n) is 4.46. The molecule has 1 aromatic heterocycles. The van der Waals surface area contributed by atoms with Gasteiger partial charge < -0.3 is 10.4 Å². The molecule has 1 aromatic rings. The zero-order chi connectivity index (χ0) is 9.68. The average molecular weight is 184 g/mol. The highest BCUT2D eigenvalue weighted by atomic mass is 16.3. The fourth-order valence-electron chi connectivity index (χ4n) is 0.982. The van der Waals surface area contributed by atoms with Gasteiger partial charge in [-0.1, -0.05) is 12.1 Å². The predicted octanol–water partition coefficient (Wildman–Crippen LogP) is -0.324. The topological polar surface area (TPSA) is 63.0 Å². The molecule has 0 saturated carbocycles. The Kier molecular flexibility index (Phi) is 3.85. The molecule has 5 heteroatoms. The average Bonchev–Trinajstić information content (AvgIpc) is 2.52. The van der Waals surface area contributed by atoms with Crippen LogP contribution in [0.1, 0.15) is 19.0 Å². The molecule has 0 amide bonds. The lowest BCUT2D eigenvalue weighted by atomic mass is 10.3. The first-order chi connectivity index (χ1) is 6.24. The molecule has 1 unspecified atom stereocenters. The molecule has 1 heterocycles. The molecule has 0 aliphatic heterocycles. The number of aryl methyl sites for hydroxylation is 1. The Morgan fingerprint density at radius 3 is 3.00 bits per heavy atom. The third-order valence-electron chi connectivity index (χ3n) is 1.97. The second-order valence-electron chi connectivity index (χ2n) is 3.04. The standard InChI is InChI=1S/C8H16N4O/c1-3-8(13)6-9-4-7-5-10-11-12(7)2/h5,8-9,13H,3-4,6H2,1-2H3. The highest BCUT2D eigenvalue weighted by Crippen LogP contribution is 1.93. The summed E-state index contributed by atoms with van der Waals surface area (Å²) < 4.78 is 1.71. The normalized spacial score (nSPS) is 13.2. The van der Waals surface area contributed by atoms with E-state index in [4.69, 9.17) is 0 Å². The molecule has 74 valence electrons. The van der Waals surface area contributed by atoms with Gasteiger partial charge in [-0.3, -0.25) is 4.68 Å². The molecule has 13 heavy (non-hydrogen) atoms. The summed E-state index contributed by atoms with van der Waals surface area (Å²) >= 11 is 0. The molecule has 1 rings (SSSR count). The number of nitrogens with zero attached hydrogens (tertiary/aromatic N) is 3. The third kappa shape index (κ3) is 3.12. The number of hydrogen-bond donors (Lipinski definition) is 2. The van der Waals surface area contributed by atoms with Gasteiger partial charge >= 0.3 is 0 Å². The van der Waals surface area contributed by atoms with Gasteiger partial charge in [-0.25, -0.2) is 0 Å². The summed E-state index contributed by atoms with van der Waals surface area (Å²) in [5.41, 5.74) is 1.02. The zero-order valence-electron chi connectivity index (χ0n) is 8.06. The Morgan fingerprint density at radius 2 is 2.46 bits per heavy atom. The maximum absolute atomic E-state index is 9.26. The van der Waals surface area contributed by atoms with E-state index in [0.717, 1.165) is 12.1 Å². The predicted molar refractivity (Wildman–Crippen MR) is 49.0 cm³/mol. The number of aliphatic hydroxyl groups excluding tert-OH is 1. The Morgan fingerprint density at radius 1 is 1.69 bits per heavy atom. The number of rotatable bonds is 5. The third-order valence-corrected chi connectivity index (χ3v) is 1.97. The lowest BCUT2D eigenvalue weighted by Gasteiger charge is -2.08. The first-order valence-corrected chi connectivity index (χ1v) is 4.46. The smallest absolute Gasteiger partial charge is 0.0738 e. The summed E-state index contributed by atoms with van der Waals surface area (Å²) in [6.07, 6.45) is 2.23. The number of aromatic nitrogens is 3. The minimum Gasteiger partial charge on any atom is -0.392 e. The molecule has 0 radical (unpaired) electrons. The highest BCUT2D eigenvalue weighted by molar-refractivity contribution is 4.92. The minimum atomic E-state index is -0.263. The Bertz CT molecular complexity index is 248. The molecular weight excluding hydrogens is 168 g/mol. The van der Waals surface area contributed by atoms with Crippen LogP contribution in [0, 0.1) is 0 Å². The van der Waals surface area contributed by atoms with Gasteiger partial charge in [0.25, 0.3) is 0 Å². The van der Waals surface area contributed by atoms with Crippen molar-refractivity contribution >= 4 is 0 Å². The van der Waals surface area contributed by atoms with Crippen LogP contribution in [0.2, 0.25) is 0 Å². The lowest BCUT2D eigenvalue weighted by molar-refractivity contribution is 0.167. The van der Waals surface area contributed by atoms with Crippen molar-refractivity contribution in [2.75, 3.05) is 6.54 Å². The summed E-state index contributed by atoms with van der Waals surface area (Å²) in [6.45, 7) is 3.26. The summed E-state index contributed by atoms with van der Waals surface area (Å²) in [4.78, 5) is 0. The summed E-state index contributed by atoms with van der Waals surface area (Å²) in [5.74, 6) is 0. The van der Waals surface area contributed by atoms with E-state index in [9.17, 15) is 5.11 Å². The molecule has 0 spiro atoms. The second-order valence-corrected chi connectivity index (χ2v) is 3.04. The van der Waals surface area contributed by atoms with Crippen molar-refractivity contribution < 1.29 is 5.11 Å². The van der Waals surface area contributed by atoms with Gasteiger partial charge in [-0.15, -0.1) is 5.10 Å². The van der Waals surface area contributed by atoms with Crippen LogP contribution >= 0.6 is 0 Å². The molecule has 2 N–H and O–H groups in total. The number of nitrogens with one attached hydrogen (secondary N) is 1.